The molecule has 0 saturated heterocycles. The first-order chi connectivity index (χ1) is 12.8. The van der Waals surface area contributed by atoms with Crippen LogP contribution in [0.5, 0.6) is 0 Å². The number of carbonyl (C=O) groups excluding carboxylic acids is 2. The minimum atomic E-state index is -0.117. The van der Waals surface area contributed by atoms with Crippen LogP contribution in [0, 0.1) is 0 Å². The molecule has 5 heteroatoms. The average molecular weight is 367 g/mol. The van der Waals surface area contributed by atoms with Crippen LogP contribution >= 0.6 is 0 Å². The van der Waals surface area contributed by atoms with Gasteiger partial charge < -0.3 is 5.32 Å². The number of nitrogens with zero attached hydrogens (tertiary/aromatic N) is 2. The second kappa shape index (κ2) is 9.42. The number of rotatable bonds is 8. The maximum atomic E-state index is 12.5. The standard InChI is InChI=1S/C22H29N3O2/c1-15(2)25(16(3)4)12-11-24-22(27)20-9-10-23-21(14-20)19-8-6-7-18(13-19)17(5)26/h6-10,13-16H,11-12H2,1-5H3,(H,24,27). The monoisotopic (exact) mass is 367 g/mol. The first-order valence-corrected chi connectivity index (χ1v) is 9.41. The molecule has 0 fully saturated rings. The summed E-state index contributed by atoms with van der Waals surface area (Å²) >= 11 is 0. The Morgan fingerprint density at radius 3 is 2.37 bits per heavy atom. The first kappa shape index (κ1) is 20.8. The molecule has 1 aromatic heterocycles. The fourth-order valence-electron chi connectivity index (χ4n) is 3.14. The normalized spacial score (nSPS) is 11.3. The number of pyridine rings is 1. The summed E-state index contributed by atoms with van der Waals surface area (Å²) in [5.41, 5.74) is 2.69. The average Bonchev–Trinajstić information content (AvgIpc) is 2.64. The number of Topliss-reactive ketones (excluding diaryl/α,β-unsaturated/α-hetero) is 1. The largest absolute Gasteiger partial charge is 0.351 e. The summed E-state index contributed by atoms with van der Waals surface area (Å²) < 4.78 is 0. The third-order valence-electron chi connectivity index (χ3n) is 4.57. The van der Waals surface area contributed by atoms with Crippen molar-refractivity contribution in [3.05, 3.63) is 53.7 Å². The quantitative estimate of drug-likeness (QED) is 0.721. The van der Waals surface area contributed by atoms with Crippen LogP contribution in [0.25, 0.3) is 11.3 Å². The number of carbonyl (C=O) groups is 2. The Morgan fingerprint density at radius 1 is 1.04 bits per heavy atom. The molecule has 0 unspecified atom stereocenters. The lowest BCUT2D eigenvalue weighted by Crippen LogP contribution is -2.42. The summed E-state index contributed by atoms with van der Waals surface area (Å²) in [6.07, 6.45) is 1.62. The number of benzene rings is 1. The van der Waals surface area contributed by atoms with Gasteiger partial charge in [-0.15, -0.1) is 0 Å². The molecule has 5 nitrogen and oxygen atoms in total. The van der Waals surface area contributed by atoms with Crippen LogP contribution in [-0.4, -0.2) is 46.7 Å². The molecule has 0 saturated carbocycles. The summed E-state index contributed by atoms with van der Waals surface area (Å²) in [5, 5.41) is 2.98. The molecular formula is C22H29N3O2. The van der Waals surface area contributed by atoms with Crippen molar-refractivity contribution in [2.75, 3.05) is 13.1 Å². The fraction of sp³-hybridized carbons (Fsp3) is 0.409. The van der Waals surface area contributed by atoms with Gasteiger partial charge in [0.2, 0.25) is 0 Å². The molecule has 0 spiro atoms. The lowest BCUT2D eigenvalue weighted by molar-refractivity contribution is 0.0938. The Labute approximate surface area is 161 Å². The number of aromatic nitrogens is 1. The van der Waals surface area contributed by atoms with E-state index in [9.17, 15) is 9.59 Å². The van der Waals surface area contributed by atoms with Gasteiger partial charge in [-0.1, -0.05) is 18.2 Å². The van der Waals surface area contributed by atoms with Crippen molar-refractivity contribution in [2.24, 2.45) is 0 Å². The first-order valence-electron chi connectivity index (χ1n) is 9.41. The molecule has 0 aliphatic carbocycles. The molecule has 2 aromatic rings. The zero-order valence-corrected chi connectivity index (χ0v) is 16.8. The molecular weight excluding hydrogens is 338 g/mol. The van der Waals surface area contributed by atoms with Crippen LogP contribution in [0.2, 0.25) is 0 Å². The van der Waals surface area contributed by atoms with Gasteiger partial charge in [0.05, 0.1) is 5.69 Å². The summed E-state index contributed by atoms with van der Waals surface area (Å²) in [4.78, 5) is 30.8. The van der Waals surface area contributed by atoms with Crippen molar-refractivity contribution < 1.29 is 9.59 Å². The van der Waals surface area contributed by atoms with Crippen LogP contribution in [0.3, 0.4) is 0 Å². The summed E-state index contributed by atoms with van der Waals surface area (Å²) in [6, 6.07) is 11.6. The Morgan fingerprint density at radius 2 is 1.74 bits per heavy atom. The highest BCUT2D eigenvalue weighted by molar-refractivity contribution is 5.96. The molecule has 0 aliphatic heterocycles. The van der Waals surface area contributed by atoms with Gasteiger partial charge in [0.25, 0.3) is 5.91 Å². The minimum absolute atomic E-state index is 0.00519. The third kappa shape index (κ3) is 5.73. The molecule has 0 bridgehead atoms. The molecule has 1 heterocycles. The highest BCUT2D eigenvalue weighted by Gasteiger charge is 2.14. The molecule has 144 valence electrons. The second-order valence-corrected chi connectivity index (χ2v) is 7.25. The van der Waals surface area contributed by atoms with E-state index in [1.54, 1.807) is 30.5 Å². The van der Waals surface area contributed by atoms with E-state index in [1.165, 1.54) is 6.92 Å². The Hall–Kier alpha value is -2.53. The van der Waals surface area contributed by atoms with Gasteiger partial charge in [0.1, 0.15) is 0 Å². The number of amides is 1. The Balaban J connectivity index is 2.07. The van der Waals surface area contributed by atoms with Gasteiger partial charge in [0.15, 0.2) is 5.78 Å². The Bertz CT molecular complexity index is 792. The van der Waals surface area contributed by atoms with Crippen LogP contribution < -0.4 is 5.32 Å². The van der Waals surface area contributed by atoms with E-state index in [4.69, 9.17) is 0 Å². The molecule has 1 amide bonds. The predicted octanol–water partition coefficient (Wildman–Crippen LogP) is 3.80. The van der Waals surface area contributed by atoms with E-state index in [0.717, 1.165) is 12.1 Å². The molecule has 1 aromatic carbocycles. The lowest BCUT2D eigenvalue weighted by Gasteiger charge is -2.30. The number of nitrogens with one attached hydrogen (secondary N) is 1. The zero-order valence-electron chi connectivity index (χ0n) is 16.8. The zero-order chi connectivity index (χ0) is 20.0. The smallest absolute Gasteiger partial charge is 0.251 e. The van der Waals surface area contributed by atoms with Gasteiger partial charge in [-0.2, -0.15) is 0 Å². The van der Waals surface area contributed by atoms with E-state index in [2.05, 4.69) is 42.9 Å². The van der Waals surface area contributed by atoms with Gasteiger partial charge in [-0.25, -0.2) is 0 Å². The number of hydrogen-bond acceptors (Lipinski definition) is 4. The van der Waals surface area contributed by atoms with Crippen molar-refractivity contribution in [3.8, 4) is 11.3 Å². The molecule has 27 heavy (non-hydrogen) atoms. The number of ketones is 1. The molecule has 2 rings (SSSR count). The van der Waals surface area contributed by atoms with Crippen LogP contribution in [0.4, 0.5) is 0 Å². The van der Waals surface area contributed by atoms with E-state index in [0.29, 0.717) is 35.4 Å². The van der Waals surface area contributed by atoms with Crippen molar-refractivity contribution in [1.82, 2.24) is 15.2 Å². The highest BCUT2D eigenvalue weighted by atomic mass is 16.1. The van der Waals surface area contributed by atoms with E-state index in [1.807, 2.05) is 12.1 Å². The maximum absolute atomic E-state index is 12.5. The van der Waals surface area contributed by atoms with Gasteiger partial charge in [0, 0.05) is 48.1 Å². The van der Waals surface area contributed by atoms with E-state index >= 15 is 0 Å². The van der Waals surface area contributed by atoms with Crippen LogP contribution in [0.15, 0.2) is 42.6 Å². The highest BCUT2D eigenvalue weighted by Crippen LogP contribution is 2.19. The topological polar surface area (TPSA) is 62.3 Å². The second-order valence-electron chi connectivity index (χ2n) is 7.25. The third-order valence-corrected chi connectivity index (χ3v) is 4.57. The summed E-state index contributed by atoms with van der Waals surface area (Å²) in [5.74, 6) is -0.112. The minimum Gasteiger partial charge on any atom is -0.351 e. The summed E-state index contributed by atoms with van der Waals surface area (Å²) in [7, 11) is 0. The van der Waals surface area contributed by atoms with Gasteiger partial charge >= 0.3 is 0 Å². The van der Waals surface area contributed by atoms with Gasteiger partial charge in [-0.3, -0.25) is 19.5 Å². The number of hydrogen-bond donors (Lipinski definition) is 1. The van der Waals surface area contributed by atoms with Gasteiger partial charge in [-0.05, 0) is 52.8 Å². The van der Waals surface area contributed by atoms with Crippen molar-refractivity contribution in [1.29, 1.82) is 0 Å². The molecule has 0 atom stereocenters. The van der Waals surface area contributed by atoms with Crippen LogP contribution in [0.1, 0.15) is 55.3 Å². The van der Waals surface area contributed by atoms with E-state index < -0.39 is 0 Å². The van der Waals surface area contributed by atoms with Crippen molar-refractivity contribution >= 4 is 11.7 Å². The summed E-state index contributed by atoms with van der Waals surface area (Å²) in [6.45, 7) is 11.6. The predicted molar refractivity (Wildman–Crippen MR) is 109 cm³/mol. The molecule has 0 aliphatic rings. The Kier molecular flexibility index (Phi) is 7.25. The van der Waals surface area contributed by atoms with E-state index in [-0.39, 0.29) is 11.7 Å². The SMILES string of the molecule is CC(=O)c1cccc(-c2cc(C(=O)NCCN(C(C)C)C(C)C)ccn2)c1. The van der Waals surface area contributed by atoms with Crippen LogP contribution in [-0.2, 0) is 0 Å². The fourth-order valence-corrected chi connectivity index (χ4v) is 3.14. The lowest BCUT2D eigenvalue weighted by atomic mass is 10.0. The molecule has 1 N–H and O–H groups in total. The van der Waals surface area contributed by atoms with Crippen molar-refractivity contribution in [2.45, 2.75) is 46.7 Å². The van der Waals surface area contributed by atoms with Crippen molar-refractivity contribution in [3.63, 3.8) is 0 Å². The maximum Gasteiger partial charge on any atom is 0.251 e. The molecule has 0 radical (unpaired) electrons.